The lowest BCUT2D eigenvalue weighted by molar-refractivity contribution is 0.371. The Morgan fingerprint density at radius 1 is 0.909 bits per heavy atom. The normalized spacial score (nSPS) is 23.6. The Hall–Kier alpha value is -2.66. The quantitative estimate of drug-likeness (QED) is 0.760. The van der Waals surface area contributed by atoms with Crippen LogP contribution in [0.5, 0.6) is 0 Å². The van der Waals surface area contributed by atoms with E-state index in [1.165, 1.54) is 0 Å². The molecule has 1 aliphatic rings. The number of nitrogens with one attached hydrogen (secondary N) is 1. The zero-order chi connectivity index (χ0) is 14.9. The maximum atomic E-state index is 6.61. The highest BCUT2D eigenvalue weighted by Gasteiger charge is 2.37. The van der Waals surface area contributed by atoms with Crippen LogP contribution in [-0.2, 0) is 0 Å². The summed E-state index contributed by atoms with van der Waals surface area (Å²) in [6, 6.07) is 20.3. The number of fused-ring (bicyclic) bond motifs is 1. The largest absolute Gasteiger partial charge is 0.346 e. The molecule has 0 bridgehead atoms. The van der Waals surface area contributed by atoms with Crippen LogP contribution >= 0.6 is 0 Å². The summed E-state index contributed by atoms with van der Waals surface area (Å²) in [6.45, 7) is 0. The molecule has 4 rings (SSSR count). The van der Waals surface area contributed by atoms with Gasteiger partial charge in [-0.1, -0.05) is 60.7 Å². The number of hydrogen-bond acceptors (Lipinski definition) is 4. The minimum absolute atomic E-state index is 0.00288. The Morgan fingerprint density at radius 2 is 1.55 bits per heavy atom. The third kappa shape index (κ3) is 2.07. The van der Waals surface area contributed by atoms with Crippen molar-refractivity contribution >= 4 is 5.95 Å². The van der Waals surface area contributed by atoms with E-state index in [4.69, 9.17) is 5.73 Å². The predicted octanol–water partition coefficient (Wildman–Crippen LogP) is 2.36. The molecule has 2 aromatic carbocycles. The van der Waals surface area contributed by atoms with Crippen molar-refractivity contribution in [1.29, 1.82) is 0 Å². The number of aromatic nitrogens is 3. The Kier molecular flexibility index (Phi) is 3.12. The Balaban J connectivity index is 1.81. The molecule has 0 saturated heterocycles. The Labute approximate surface area is 128 Å². The van der Waals surface area contributed by atoms with Gasteiger partial charge in [0, 0.05) is 0 Å². The summed E-state index contributed by atoms with van der Waals surface area (Å²) in [5.74, 6) is 0.754. The van der Waals surface area contributed by atoms with Crippen molar-refractivity contribution in [2.24, 2.45) is 5.73 Å². The summed E-state index contributed by atoms with van der Waals surface area (Å²) in [5, 5.41) is 7.76. The van der Waals surface area contributed by atoms with Gasteiger partial charge in [-0.3, -0.25) is 0 Å². The summed E-state index contributed by atoms with van der Waals surface area (Å²) < 4.78 is 1.87. The van der Waals surface area contributed by atoms with Crippen molar-refractivity contribution in [2.75, 3.05) is 5.32 Å². The first-order valence-electron chi connectivity index (χ1n) is 7.36. The van der Waals surface area contributed by atoms with E-state index in [0.717, 1.165) is 17.1 Å². The van der Waals surface area contributed by atoms with E-state index in [-0.39, 0.29) is 18.1 Å². The molecule has 5 nitrogen and oxygen atoms in total. The molecule has 2 heterocycles. The molecule has 3 unspecified atom stereocenters. The molecule has 3 atom stereocenters. The SMILES string of the molecule is NC1C(c2ccccc2)Nc2ncnn2C1c1ccccc1. The zero-order valence-corrected chi connectivity index (χ0v) is 12.0. The maximum Gasteiger partial charge on any atom is 0.222 e. The second-order valence-electron chi connectivity index (χ2n) is 5.49. The first kappa shape index (κ1) is 13.0. The fourth-order valence-electron chi connectivity index (χ4n) is 3.12. The first-order chi connectivity index (χ1) is 10.8. The second kappa shape index (κ2) is 5.27. The highest BCUT2D eigenvalue weighted by molar-refractivity contribution is 5.40. The maximum absolute atomic E-state index is 6.61. The minimum atomic E-state index is -0.140. The number of benzene rings is 2. The molecule has 1 aromatic heterocycles. The topological polar surface area (TPSA) is 68.8 Å². The molecule has 110 valence electrons. The Bertz CT molecular complexity index is 753. The fourth-order valence-corrected chi connectivity index (χ4v) is 3.12. The third-order valence-corrected chi connectivity index (χ3v) is 4.17. The van der Waals surface area contributed by atoms with Gasteiger partial charge in [0.2, 0.25) is 5.95 Å². The van der Waals surface area contributed by atoms with Gasteiger partial charge in [-0.25, -0.2) is 4.68 Å². The van der Waals surface area contributed by atoms with Gasteiger partial charge in [-0.15, -0.1) is 0 Å². The molecule has 3 N–H and O–H groups in total. The van der Waals surface area contributed by atoms with Gasteiger partial charge >= 0.3 is 0 Å². The van der Waals surface area contributed by atoms with E-state index < -0.39 is 0 Å². The van der Waals surface area contributed by atoms with E-state index in [2.05, 4.69) is 39.7 Å². The molecule has 5 heteroatoms. The molecule has 1 aliphatic heterocycles. The lowest BCUT2D eigenvalue weighted by Crippen LogP contribution is -2.46. The van der Waals surface area contributed by atoms with Gasteiger partial charge in [-0.05, 0) is 11.1 Å². The van der Waals surface area contributed by atoms with Gasteiger partial charge in [0.25, 0.3) is 0 Å². The molecule has 22 heavy (non-hydrogen) atoms. The molecule has 0 fully saturated rings. The highest BCUT2D eigenvalue weighted by atomic mass is 15.4. The van der Waals surface area contributed by atoms with Crippen LogP contribution in [0.15, 0.2) is 67.0 Å². The lowest BCUT2D eigenvalue weighted by atomic mass is 9.89. The van der Waals surface area contributed by atoms with Gasteiger partial charge in [0.05, 0.1) is 18.1 Å². The molecule has 0 radical (unpaired) electrons. The van der Waals surface area contributed by atoms with Crippen molar-refractivity contribution < 1.29 is 0 Å². The van der Waals surface area contributed by atoms with E-state index in [0.29, 0.717) is 0 Å². The standard InChI is InChI=1S/C17H17N5/c18-14-15(12-7-3-1-4-8-12)21-17-19-11-20-22(17)16(14)13-9-5-2-6-10-13/h1-11,14-16H,18H2,(H,19,20,21). The second-order valence-corrected chi connectivity index (χ2v) is 5.49. The van der Waals surface area contributed by atoms with Gasteiger partial charge in [0.15, 0.2) is 0 Å². The van der Waals surface area contributed by atoms with E-state index in [1.807, 2.05) is 41.1 Å². The molecule has 0 saturated carbocycles. The summed E-state index contributed by atoms with van der Waals surface area (Å²) in [6.07, 6.45) is 1.57. The number of hydrogen-bond donors (Lipinski definition) is 2. The van der Waals surface area contributed by atoms with Crippen molar-refractivity contribution in [1.82, 2.24) is 14.8 Å². The number of anilines is 1. The van der Waals surface area contributed by atoms with Crippen LogP contribution in [0.2, 0.25) is 0 Å². The molecular weight excluding hydrogens is 274 g/mol. The van der Waals surface area contributed by atoms with E-state index in [1.54, 1.807) is 6.33 Å². The van der Waals surface area contributed by atoms with Crippen molar-refractivity contribution in [3.8, 4) is 0 Å². The Morgan fingerprint density at radius 3 is 2.23 bits per heavy atom. The highest BCUT2D eigenvalue weighted by Crippen LogP contribution is 2.36. The van der Waals surface area contributed by atoms with Crippen LogP contribution in [0.3, 0.4) is 0 Å². The number of rotatable bonds is 2. The lowest BCUT2D eigenvalue weighted by Gasteiger charge is -2.37. The van der Waals surface area contributed by atoms with Gasteiger partial charge in [0.1, 0.15) is 6.33 Å². The fraction of sp³-hybridized carbons (Fsp3) is 0.176. The predicted molar refractivity (Wildman–Crippen MR) is 85.4 cm³/mol. The minimum Gasteiger partial charge on any atom is -0.346 e. The van der Waals surface area contributed by atoms with Crippen molar-refractivity contribution in [3.05, 3.63) is 78.1 Å². The smallest absolute Gasteiger partial charge is 0.222 e. The average molecular weight is 291 g/mol. The van der Waals surface area contributed by atoms with Crippen LogP contribution in [0, 0.1) is 0 Å². The monoisotopic (exact) mass is 291 g/mol. The van der Waals surface area contributed by atoms with Crippen LogP contribution in [0.25, 0.3) is 0 Å². The van der Waals surface area contributed by atoms with Gasteiger partial charge < -0.3 is 11.1 Å². The van der Waals surface area contributed by atoms with Crippen LogP contribution in [0.4, 0.5) is 5.95 Å². The number of nitrogens with two attached hydrogens (primary N) is 1. The van der Waals surface area contributed by atoms with E-state index in [9.17, 15) is 0 Å². The summed E-state index contributed by atoms with van der Waals surface area (Å²) >= 11 is 0. The molecule has 0 aliphatic carbocycles. The number of nitrogens with zero attached hydrogens (tertiary/aromatic N) is 3. The van der Waals surface area contributed by atoms with Crippen LogP contribution < -0.4 is 11.1 Å². The first-order valence-corrected chi connectivity index (χ1v) is 7.36. The zero-order valence-electron chi connectivity index (χ0n) is 12.0. The molecule has 0 spiro atoms. The van der Waals surface area contributed by atoms with Crippen LogP contribution in [-0.4, -0.2) is 20.8 Å². The van der Waals surface area contributed by atoms with E-state index >= 15 is 0 Å². The summed E-state index contributed by atoms with van der Waals surface area (Å²) in [7, 11) is 0. The van der Waals surface area contributed by atoms with Gasteiger partial charge in [-0.2, -0.15) is 10.1 Å². The third-order valence-electron chi connectivity index (χ3n) is 4.17. The van der Waals surface area contributed by atoms with Crippen molar-refractivity contribution in [3.63, 3.8) is 0 Å². The average Bonchev–Trinajstić information content (AvgIpc) is 3.04. The molecular formula is C17H17N5. The van der Waals surface area contributed by atoms with Crippen molar-refractivity contribution in [2.45, 2.75) is 18.1 Å². The molecule has 3 aromatic rings. The molecule has 0 amide bonds. The van der Waals surface area contributed by atoms with Crippen LogP contribution in [0.1, 0.15) is 23.2 Å². The summed E-state index contributed by atoms with van der Waals surface area (Å²) in [4.78, 5) is 4.33. The summed E-state index contributed by atoms with van der Waals surface area (Å²) in [5.41, 5.74) is 8.91.